The molecule has 16 heavy (non-hydrogen) atoms. The molecule has 1 aliphatic rings. The van der Waals surface area contributed by atoms with Crippen molar-refractivity contribution in [3.05, 3.63) is 40.9 Å². The first-order valence-electron chi connectivity index (χ1n) is 5.61. The van der Waals surface area contributed by atoms with E-state index in [4.69, 9.17) is 10.7 Å². The van der Waals surface area contributed by atoms with Gasteiger partial charge in [-0.3, -0.25) is 0 Å². The molecule has 0 amide bonds. The summed E-state index contributed by atoms with van der Waals surface area (Å²) in [4.78, 5) is 4.70. The zero-order valence-electron chi connectivity index (χ0n) is 9.02. The van der Waals surface area contributed by atoms with Crippen LogP contribution in [-0.4, -0.2) is 4.98 Å². The van der Waals surface area contributed by atoms with Gasteiger partial charge in [-0.15, -0.1) is 11.3 Å². The molecule has 0 saturated heterocycles. The van der Waals surface area contributed by atoms with Gasteiger partial charge in [-0.2, -0.15) is 0 Å². The van der Waals surface area contributed by atoms with Gasteiger partial charge >= 0.3 is 0 Å². The number of rotatable bonds is 3. The second-order valence-corrected chi connectivity index (χ2v) is 5.11. The Hall–Kier alpha value is -1.19. The molecule has 1 fully saturated rings. The van der Waals surface area contributed by atoms with Crippen LogP contribution in [0, 0.1) is 0 Å². The van der Waals surface area contributed by atoms with Crippen LogP contribution in [0.1, 0.15) is 30.0 Å². The molecule has 3 rings (SSSR count). The van der Waals surface area contributed by atoms with Crippen LogP contribution in [0.5, 0.6) is 0 Å². The van der Waals surface area contributed by atoms with Crippen molar-refractivity contribution < 1.29 is 0 Å². The van der Waals surface area contributed by atoms with E-state index in [1.807, 2.05) is 0 Å². The van der Waals surface area contributed by atoms with Gasteiger partial charge in [-0.05, 0) is 24.5 Å². The van der Waals surface area contributed by atoms with E-state index in [9.17, 15) is 0 Å². The van der Waals surface area contributed by atoms with Crippen molar-refractivity contribution in [1.29, 1.82) is 0 Å². The van der Waals surface area contributed by atoms with Crippen molar-refractivity contribution in [3.8, 4) is 10.6 Å². The van der Waals surface area contributed by atoms with Crippen LogP contribution in [-0.2, 0) is 6.54 Å². The Bertz CT molecular complexity index is 500. The molecule has 0 radical (unpaired) electrons. The number of thiazole rings is 1. The summed E-state index contributed by atoms with van der Waals surface area (Å²) < 4.78 is 0. The van der Waals surface area contributed by atoms with Crippen molar-refractivity contribution in [2.75, 3.05) is 0 Å². The molecule has 1 heterocycles. The summed E-state index contributed by atoms with van der Waals surface area (Å²) >= 11 is 1.74. The van der Waals surface area contributed by atoms with Crippen molar-refractivity contribution in [1.82, 2.24) is 4.98 Å². The second-order valence-electron chi connectivity index (χ2n) is 4.26. The van der Waals surface area contributed by atoms with Crippen LogP contribution in [0.15, 0.2) is 29.6 Å². The van der Waals surface area contributed by atoms with Gasteiger partial charge in [-0.1, -0.05) is 18.2 Å². The normalized spacial score (nSPS) is 15.3. The minimum absolute atomic E-state index is 0.592. The van der Waals surface area contributed by atoms with Gasteiger partial charge in [0.25, 0.3) is 0 Å². The van der Waals surface area contributed by atoms with Gasteiger partial charge in [0.2, 0.25) is 0 Å². The molecule has 0 aliphatic heterocycles. The minimum Gasteiger partial charge on any atom is -0.326 e. The van der Waals surface area contributed by atoms with Crippen molar-refractivity contribution in [3.63, 3.8) is 0 Å². The summed E-state index contributed by atoms with van der Waals surface area (Å²) in [5.41, 5.74) is 9.28. The zero-order valence-corrected chi connectivity index (χ0v) is 9.83. The number of aromatic nitrogens is 1. The molecule has 3 heteroatoms. The summed E-state index contributed by atoms with van der Waals surface area (Å²) in [6, 6.07) is 8.35. The fourth-order valence-electron chi connectivity index (χ4n) is 1.82. The van der Waals surface area contributed by atoms with Crippen LogP contribution < -0.4 is 5.73 Å². The number of hydrogen-bond acceptors (Lipinski definition) is 3. The van der Waals surface area contributed by atoms with Crippen LogP contribution >= 0.6 is 11.3 Å². The average molecular weight is 230 g/mol. The SMILES string of the molecule is NCc1cccc(-c2nc(C3CC3)cs2)c1. The lowest BCUT2D eigenvalue weighted by Crippen LogP contribution is -1.95. The van der Waals surface area contributed by atoms with E-state index >= 15 is 0 Å². The Kier molecular flexibility index (Phi) is 2.50. The summed E-state index contributed by atoms with van der Waals surface area (Å²) in [5.74, 6) is 0.739. The summed E-state index contributed by atoms with van der Waals surface area (Å²) in [6.07, 6.45) is 2.62. The quantitative estimate of drug-likeness (QED) is 0.879. The van der Waals surface area contributed by atoms with Gasteiger partial charge in [0.15, 0.2) is 0 Å². The third kappa shape index (κ3) is 1.88. The standard InChI is InChI=1S/C13H14N2S/c14-7-9-2-1-3-11(6-9)13-15-12(8-16-13)10-4-5-10/h1-3,6,8,10H,4-5,7,14H2. The van der Waals surface area contributed by atoms with Gasteiger partial charge in [0.05, 0.1) is 5.69 Å². The Morgan fingerprint density at radius 1 is 1.38 bits per heavy atom. The number of hydrogen-bond donors (Lipinski definition) is 1. The molecule has 0 spiro atoms. The minimum atomic E-state index is 0.592. The maximum absolute atomic E-state index is 5.64. The van der Waals surface area contributed by atoms with Gasteiger partial charge < -0.3 is 5.73 Å². The lowest BCUT2D eigenvalue weighted by atomic mass is 10.1. The molecule has 1 aliphatic carbocycles. The molecule has 0 atom stereocenters. The van der Waals surface area contributed by atoms with E-state index in [0.717, 1.165) is 10.9 Å². The molecular formula is C13H14N2S. The van der Waals surface area contributed by atoms with Crippen molar-refractivity contribution >= 4 is 11.3 Å². The van der Waals surface area contributed by atoms with E-state index in [1.54, 1.807) is 11.3 Å². The molecule has 2 N–H and O–H groups in total. The first-order valence-corrected chi connectivity index (χ1v) is 6.49. The average Bonchev–Trinajstić information content (AvgIpc) is 3.07. The van der Waals surface area contributed by atoms with E-state index < -0.39 is 0 Å². The summed E-state index contributed by atoms with van der Waals surface area (Å²) in [5, 5.41) is 3.32. The van der Waals surface area contributed by atoms with Crippen LogP contribution in [0.2, 0.25) is 0 Å². The molecule has 82 valence electrons. The van der Waals surface area contributed by atoms with E-state index in [1.165, 1.54) is 29.7 Å². The monoisotopic (exact) mass is 230 g/mol. The highest BCUT2D eigenvalue weighted by Gasteiger charge is 2.26. The zero-order chi connectivity index (χ0) is 11.0. The number of nitrogens with two attached hydrogens (primary N) is 1. The van der Waals surface area contributed by atoms with Crippen LogP contribution in [0.25, 0.3) is 10.6 Å². The molecule has 0 bridgehead atoms. The molecular weight excluding hydrogens is 216 g/mol. The second kappa shape index (κ2) is 4.00. The summed E-state index contributed by atoms with van der Waals surface area (Å²) in [6.45, 7) is 0.592. The van der Waals surface area contributed by atoms with E-state index in [2.05, 4.69) is 29.6 Å². The molecule has 1 aromatic carbocycles. The fourth-order valence-corrected chi connectivity index (χ4v) is 2.72. The van der Waals surface area contributed by atoms with E-state index in [-0.39, 0.29) is 0 Å². The maximum Gasteiger partial charge on any atom is 0.123 e. The number of benzene rings is 1. The fraction of sp³-hybridized carbons (Fsp3) is 0.308. The molecule has 1 aromatic heterocycles. The topological polar surface area (TPSA) is 38.9 Å². The van der Waals surface area contributed by atoms with Crippen molar-refractivity contribution in [2.24, 2.45) is 5.73 Å². The van der Waals surface area contributed by atoms with Gasteiger partial charge in [0, 0.05) is 23.4 Å². The van der Waals surface area contributed by atoms with E-state index in [0.29, 0.717) is 6.54 Å². The molecule has 2 aromatic rings. The Balaban J connectivity index is 1.93. The lowest BCUT2D eigenvalue weighted by molar-refractivity contribution is 1.05. The van der Waals surface area contributed by atoms with Gasteiger partial charge in [-0.25, -0.2) is 4.98 Å². The van der Waals surface area contributed by atoms with Gasteiger partial charge in [0.1, 0.15) is 5.01 Å². The highest BCUT2D eigenvalue weighted by atomic mass is 32.1. The highest BCUT2D eigenvalue weighted by molar-refractivity contribution is 7.13. The lowest BCUT2D eigenvalue weighted by Gasteiger charge is -1.99. The largest absolute Gasteiger partial charge is 0.326 e. The Morgan fingerprint density at radius 2 is 2.25 bits per heavy atom. The predicted molar refractivity (Wildman–Crippen MR) is 67.4 cm³/mol. The first kappa shape index (κ1) is 10.00. The third-order valence-corrected chi connectivity index (χ3v) is 3.84. The molecule has 1 saturated carbocycles. The Labute approximate surface area is 99.1 Å². The third-order valence-electron chi connectivity index (χ3n) is 2.93. The molecule has 2 nitrogen and oxygen atoms in total. The Morgan fingerprint density at radius 3 is 3.00 bits per heavy atom. The maximum atomic E-state index is 5.64. The summed E-state index contributed by atoms with van der Waals surface area (Å²) in [7, 11) is 0. The van der Waals surface area contributed by atoms with Crippen LogP contribution in [0.3, 0.4) is 0 Å². The first-order chi connectivity index (χ1) is 7.86. The molecule has 0 unspecified atom stereocenters. The smallest absolute Gasteiger partial charge is 0.123 e. The number of nitrogens with zero attached hydrogens (tertiary/aromatic N) is 1. The van der Waals surface area contributed by atoms with Crippen LogP contribution in [0.4, 0.5) is 0 Å². The van der Waals surface area contributed by atoms with Crippen molar-refractivity contribution in [2.45, 2.75) is 25.3 Å². The predicted octanol–water partition coefficient (Wildman–Crippen LogP) is 3.15. The highest BCUT2D eigenvalue weighted by Crippen LogP contribution is 2.41.